The van der Waals surface area contributed by atoms with Crippen LogP contribution >= 0.6 is 28.5 Å². The number of fused-ring (bicyclic) bond motifs is 1. The first-order chi connectivity index (χ1) is 10.2. The summed E-state index contributed by atoms with van der Waals surface area (Å²) in [5.41, 5.74) is 1.92. The molecule has 0 fully saturated rings. The Balaban J connectivity index is 2.21. The first-order valence-electron chi connectivity index (χ1n) is 6.93. The lowest BCUT2D eigenvalue weighted by atomic mass is 9.77. The van der Waals surface area contributed by atoms with Gasteiger partial charge in [0.1, 0.15) is 17.8 Å². The Morgan fingerprint density at radius 3 is 2.77 bits per heavy atom. The third-order valence-corrected chi connectivity index (χ3v) is 4.18. The molecular formula is C14H19BIO5P. The Kier molecular flexibility index (Phi) is 5.75. The molecule has 1 heterocycles. The van der Waals surface area contributed by atoms with Gasteiger partial charge in [-0.25, -0.2) is 0 Å². The van der Waals surface area contributed by atoms with E-state index in [1.807, 2.05) is 33.8 Å². The van der Waals surface area contributed by atoms with Gasteiger partial charge in [0.25, 0.3) is 0 Å². The highest BCUT2D eigenvalue weighted by molar-refractivity contribution is 14.2. The topological polar surface area (TPSA) is 65.0 Å². The van der Waals surface area contributed by atoms with Crippen molar-refractivity contribution in [2.75, 3.05) is 0 Å². The number of rotatable bonds is 4. The third-order valence-electron chi connectivity index (χ3n) is 3.20. The van der Waals surface area contributed by atoms with E-state index in [0.717, 1.165) is 11.1 Å². The van der Waals surface area contributed by atoms with E-state index in [1.54, 1.807) is 6.07 Å². The minimum absolute atomic E-state index is 0.0798. The molecule has 0 saturated heterocycles. The second kappa shape index (κ2) is 7.03. The maximum absolute atomic E-state index is 12.0. The van der Waals surface area contributed by atoms with Crippen LogP contribution in [0.5, 0.6) is 5.75 Å². The van der Waals surface area contributed by atoms with Crippen molar-refractivity contribution in [2.45, 2.75) is 45.8 Å². The van der Waals surface area contributed by atoms with E-state index in [4.69, 9.17) is 13.9 Å². The molecular weight excluding hydrogens is 417 g/mol. The summed E-state index contributed by atoms with van der Waals surface area (Å²) >= 11 is 2.14. The van der Waals surface area contributed by atoms with Crippen LogP contribution in [0.1, 0.15) is 44.4 Å². The minimum atomic E-state index is -1.04. The fraction of sp³-hybridized carbons (Fsp3) is 0.500. The maximum atomic E-state index is 12.0. The van der Waals surface area contributed by atoms with E-state index in [9.17, 15) is 9.82 Å². The predicted octanol–water partition coefficient (Wildman–Crippen LogP) is 2.81. The van der Waals surface area contributed by atoms with Gasteiger partial charge in [0.2, 0.25) is 0 Å². The first-order valence-corrected chi connectivity index (χ1v) is 11.0. The molecule has 1 N–H and O–H groups in total. The van der Waals surface area contributed by atoms with Crippen LogP contribution in [-0.4, -0.2) is 23.7 Å². The SMILES string of the molecule is Cc1cc(OPI)cc2c1C(CC(=O)OC(C)(C)C)OB2O. The summed E-state index contributed by atoms with van der Waals surface area (Å²) in [7, 11) is -1.04. The standard InChI is InChI=1S/C14H19BIO5P/c1-8-5-9(21-22-16)6-10-13(8)11(20-15(10)18)7-12(17)19-14(2,3)4/h5-6,11,18,22H,7H2,1-4H3. The van der Waals surface area contributed by atoms with Gasteiger partial charge in [-0.15, -0.1) is 0 Å². The van der Waals surface area contributed by atoms with Crippen molar-refractivity contribution in [3.63, 3.8) is 0 Å². The Labute approximate surface area is 145 Å². The molecule has 0 radical (unpaired) electrons. The zero-order valence-corrected chi connectivity index (χ0v) is 16.1. The molecule has 22 heavy (non-hydrogen) atoms. The van der Waals surface area contributed by atoms with Gasteiger partial charge in [0.15, 0.2) is 0 Å². The lowest BCUT2D eigenvalue weighted by molar-refractivity contribution is -0.156. The second-order valence-electron chi connectivity index (χ2n) is 6.19. The highest BCUT2D eigenvalue weighted by atomic mass is 127. The van der Waals surface area contributed by atoms with E-state index < -0.39 is 18.8 Å². The first kappa shape index (κ1) is 18.0. The van der Waals surface area contributed by atoms with Crippen LogP contribution in [0.3, 0.4) is 0 Å². The van der Waals surface area contributed by atoms with Crippen LogP contribution in [0.25, 0.3) is 0 Å². The fourth-order valence-electron chi connectivity index (χ4n) is 2.52. The van der Waals surface area contributed by atoms with Gasteiger partial charge in [-0.2, -0.15) is 0 Å². The van der Waals surface area contributed by atoms with Gasteiger partial charge < -0.3 is 18.9 Å². The molecule has 0 aromatic heterocycles. The monoisotopic (exact) mass is 436 g/mol. The zero-order valence-electron chi connectivity index (χ0n) is 13.0. The molecule has 120 valence electrons. The summed E-state index contributed by atoms with van der Waals surface area (Å²) in [6.45, 7) is 7.68. The van der Waals surface area contributed by atoms with Crippen molar-refractivity contribution >= 4 is 47.0 Å². The molecule has 0 aliphatic carbocycles. The van der Waals surface area contributed by atoms with Crippen LogP contribution < -0.4 is 9.99 Å². The van der Waals surface area contributed by atoms with Gasteiger partial charge in [0, 0.05) is 0 Å². The number of esters is 1. The molecule has 0 amide bonds. The van der Waals surface area contributed by atoms with Crippen molar-refractivity contribution < 1.29 is 23.7 Å². The van der Waals surface area contributed by atoms with E-state index in [-0.39, 0.29) is 12.4 Å². The molecule has 5 nitrogen and oxygen atoms in total. The van der Waals surface area contributed by atoms with Crippen LogP contribution in [0.2, 0.25) is 0 Å². The number of ether oxygens (including phenoxy) is 1. The predicted molar refractivity (Wildman–Crippen MR) is 96.0 cm³/mol. The number of carbonyl (C=O) groups excluding carboxylic acids is 1. The van der Waals surface area contributed by atoms with Crippen molar-refractivity contribution in [1.29, 1.82) is 0 Å². The summed E-state index contributed by atoms with van der Waals surface area (Å²) in [6.07, 6.45) is -0.410. The largest absolute Gasteiger partial charge is 0.492 e. The molecule has 0 spiro atoms. The van der Waals surface area contributed by atoms with E-state index in [2.05, 4.69) is 22.0 Å². The van der Waals surface area contributed by atoms with Gasteiger partial charge in [0.05, 0.1) is 12.5 Å². The average molecular weight is 436 g/mol. The van der Waals surface area contributed by atoms with Crippen LogP contribution in [-0.2, 0) is 14.2 Å². The van der Waals surface area contributed by atoms with Gasteiger partial charge in [-0.3, -0.25) is 4.79 Å². The molecule has 0 bridgehead atoms. The summed E-state index contributed by atoms with van der Waals surface area (Å²) in [6, 6.07) is 3.67. The lowest BCUT2D eigenvalue weighted by Crippen LogP contribution is -2.28. The van der Waals surface area contributed by atoms with Crippen LogP contribution in [0, 0.1) is 6.92 Å². The molecule has 2 unspecified atom stereocenters. The lowest BCUT2D eigenvalue weighted by Gasteiger charge is -2.21. The third kappa shape index (κ3) is 4.34. The van der Waals surface area contributed by atoms with Crippen molar-refractivity contribution in [2.24, 2.45) is 0 Å². The van der Waals surface area contributed by atoms with Crippen molar-refractivity contribution in [1.82, 2.24) is 0 Å². The van der Waals surface area contributed by atoms with Crippen molar-refractivity contribution in [3.8, 4) is 5.75 Å². The molecule has 2 rings (SSSR count). The molecule has 1 aromatic carbocycles. The molecule has 1 aliphatic rings. The molecule has 1 aliphatic heterocycles. The molecule has 0 saturated carbocycles. The summed E-state index contributed by atoms with van der Waals surface area (Å²) in [5.74, 6) is 0.357. The Morgan fingerprint density at radius 2 is 2.18 bits per heavy atom. The highest BCUT2D eigenvalue weighted by Gasteiger charge is 2.38. The Morgan fingerprint density at radius 1 is 1.50 bits per heavy atom. The van der Waals surface area contributed by atoms with Crippen LogP contribution in [0.15, 0.2) is 12.1 Å². The minimum Gasteiger partial charge on any atom is -0.467 e. The summed E-state index contributed by atoms with van der Waals surface area (Å²) in [5, 5.41) is 10.1. The molecule has 2 atom stereocenters. The van der Waals surface area contributed by atoms with E-state index in [0.29, 0.717) is 17.7 Å². The number of aryl methyl sites for hydroxylation is 1. The van der Waals surface area contributed by atoms with E-state index in [1.165, 1.54) is 0 Å². The quantitative estimate of drug-likeness (QED) is 0.341. The normalized spacial score (nSPS) is 17.9. The maximum Gasteiger partial charge on any atom is 0.492 e. The smallest absolute Gasteiger partial charge is 0.467 e. The Hall–Kier alpha value is -0.365. The fourth-order valence-corrected chi connectivity index (χ4v) is 3.49. The van der Waals surface area contributed by atoms with Gasteiger partial charge >= 0.3 is 13.1 Å². The average Bonchev–Trinajstić information content (AvgIpc) is 2.64. The summed E-state index contributed by atoms with van der Waals surface area (Å²) < 4.78 is 16.4. The number of carbonyl (C=O) groups is 1. The van der Waals surface area contributed by atoms with Gasteiger partial charge in [-0.05, 0) is 78.5 Å². The number of benzene rings is 1. The summed E-state index contributed by atoms with van der Waals surface area (Å²) in [4.78, 5) is 12.0. The number of halogens is 1. The number of hydrogen-bond acceptors (Lipinski definition) is 5. The Bertz CT molecular complexity index is 575. The second-order valence-corrected chi connectivity index (χ2v) is 7.87. The van der Waals surface area contributed by atoms with Crippen LogP contribution in [0.4, 0.5) is 0 Å². The highest BCUT2D eigenvalue weighted by Crippen LogP contribution is 2.34. The number of hydrogen-bond donors (Lipinski definition) is 1. The van der Waals surface area contributed by atoms with E-state index >= 15 is 0 Å². The molecule has 1 aromatic rings. The molecule has 8 heteroatoms. The van der Waals surface area contributed by atoms with Gasteiger partial charge in [-0.1, -0.05) is 0 Å². The van der Waals surface area contributed by atoms with Crippen molar-refractivity contribution in [3.05, 3.63) is 23.3 Å². The zero-order chi connectivity index (χ0) is 16.5.